The van der Waals surface area contributed by atoms with Gasteiger partial charge in [-0.15, -0.1) is 0 Å². The predicted molar refractivity (Wildman–Crippen MR) is 130 cm³/mol. The van der Waals surface area contributed by atoms with Crippen molar-refractivity contribution < 1.29 is 9.53 Å². The summed E-state index contributed by atoms with van der Waals surface area (Å²) < 4.78 is 6.36. The van der Waals surface area contributed by atoms with Crippen LogP contribution in [-0.4, -0.2) is 25.5 Å². The molecule has 0 fully saturated rings. The van der Waals surface area contributed by atoms with Crippen molar-refractivity contribution in [2.75, 3.05) is 24.6 Å². The highest BCUT2D eigenvalue weighted by atomic mass is 16.5. The molecule has 2 aromatic rings. The van der Waals surface area contributed by atoms with Crippen LogP contribution in [0.15, 0.2) is 48.5 Å². The monoisotopic (exact) mass is 421 g/mol. The molecule has 0 spiro atoms. The van der Waals surface area contributed by atoms with Crippen LogP contribution in [0.4, 0.5) is 5.69 Å². The Kier molecular flexibility index (Phi) is 9.14. The van der Waals surface area contributed by atoms with Crippen molar-refractivity contribution in [3.63, 3.8) is 0 Å². The van der Waals surface area contributed by atoms with Crippen molar-refractivity contribution in [2.45, 2.75) is 71.8 Å². The fourth-order valence-electron chi connectivity index (χ4n) is 4.71. The summed E-state index contributed by atoms with van der Waals surface area (Å²) in [6.07, 6.45) is 8.07. The summed E-state index contributed by atoms with van der Waals surface area (Å²) in [6.45, 7) is 9.33. The minimum absolute atomic E-state index is 0.123. The number of ketones is 1. The number of rotatable bonds is 13. The van der Waals surface area contributed by atoms with E-state index >= 15 is 0 Å². The Morgan fingerprint density at radius 3 is 2.23 bits per heavy atom. The summed E-state index contributed by atoms with van der Waals surface area (Å²) in [7, 11) is 0. The lowest BCUT2D eigenvalue weighted by molar-refractivity contribution is 0.0187. The van der Waals surface area contributed by atoms with E-state index in [1.807, 2.05) is 18.2 Å². The Labute approximate surface area is 188 Å². The molecule has 1 aliphatic carbocycles. The molecule has 0 amide bonds. The number of benzene rings is 2. The van der Waals surface area contributed by atoms with E-state index < -0.39 is 0 Å². The Morgan fingerprint density at radius 2 is 1.52 bits per heavy atom. The summed E-state index contributed by atoms with van der Waals surface area (Å²) >= 11 is 0. The number of carbonyl (C=O) groups is 1. The quantitative estimate of drug-likeness (QED) is 0.326. The summed E-state index contributed by atoms with van der Waals surface area (Å²) in [5, 5.41) is 0. The normalized spacial score (nSPS) is 17.7. The zero-order valence-corrected chi connectivity index (χ0v) is 19.6. The number of ether oxygens (including phenoxy) is 1. The van der Waals surface area contributed by atoms with E-state index in [0.717, 1.165) is 43.7 Å². The van der Waals surface area contributed by atoms with Crippen LogP contribution in [-0.2, 0) is 11.2 Å². The molecule has 3 nitrogen and oxygen atoms in total. The van der Waals surface area contributed by atoms with Gasteiger partial charge in [0, 0.05) is 30.9 Å². The van der Waals surface area contributed by atoms with Crippen molar-refractivity contribution in [1.82, 2.24) is 0 Å². The molecule has 0 aliphatic heterocycles. The minimum atomic E-state index is -0.128. The van der Waals surface area contributed by atoms with E-state index in [1.165, 1.54) is 43.4 Å². The maximum absolute atomic E-state index is 13.2. The average molecular weight is 422 g/mol. The molecule has 3 rings (SSSR count). The van der Waals surface area contributed by atoms with Gasteiger partial charge in [0.25, 0.3) is 0 Å². The van der Waals surface area contributed by atoms with Crippen LogP contribution < -0.4 is 4.90 Å². The van der Waals surface area contributed by atoms with Gasteiger partial charge in [-0.05, 0) is 49.9 Å². The van der Waals surface area contributed by atoms with Crippen LogP contribution in [0.1, 0.15) is 86.9 Å². The van der Waals surface area contributed by atoms with Crippen LogP contribution in [0.2, 0.25) is 0 Å². The van der Waals surface area contributed by atoms with Crippen molar-refractivity contribution >= 4 is 11.5 Å². The first-order valence-corrected chi connectivity index (χ1v) is 12.3. The zero-order valence-electron chi connectivity index (χ0n) is 19.6. The third-order valence-corrected chi connectivity index (χ3v) is 6.55. The maximum atomic E-state index is 13.2. The molecule has 3 heteroatoms. The van der Waals surface area contributed by atoms with E-state index in [0.29, 0.717) is 0 Å². The highest BCUT2D eigenvalue weighted by Crippen LogP contribution is 2.40. The van der Waals surface area contributed by atoms with Gasteiger partial charge in [0.1, 0.15) is 0 Å². The number of hydrogen-bond acceptors (Lipinski definition) is 3. The van der Waals surface area contributed by atoms with Gasteiger partial charge in [-0.25, -0.2) is 0 Å². The highest BCUT2D eigenvalue weighted by molar-refractivity contribution is 6.03. The van der Waals surface area contributed by atoms with Crippen molar-refractivity contribution in [3.05, 3.63) is 65.2 Å². The van der Waals surface area contributed by atoms with Gasteiger partial charge < -0.3 is 9.64 Å². The first-order chi connectivity index (χ1) is 15.2. The SMILES string of the molecule is CCCCCCCCOC1c2ccccc2C(=O)C1Cc1ccc(N(CC)CC)cc1. The third-order valence-electron chi connectivity index (χ3n) is 6.55. The van der Waals surface area contributed by atoms with Crippen molar-refractivity contribution in [3.8, 4) is 0 Å². The van der Waals surface area contributed by atoms with Gasteiger partial charge in [-0.3, -0.25) is 4.79 Å². The largest absolute Gasteiger partial charge is 0.373 e. The summed E-state index contributed by atoms with van der Waals surface area (Å²) in [6, 6.07) is 16.7. The summed E-state index contributed by atoms with van der Waals surface area (Å²) in [5.74, 6) is 0.105. The molecule has 0 saturated heterocycles. The lowest BCUT2D eigenvalue weighted by atomic mass is 9.93. The molecule has 0 heterocycles. The molecule has 31 heavy (non-hydrogen) atoms. The average Bonchev–Trinajstić information content (AvgIpc) is 3.06. The van der Waals surface area contributed by atoms with Crippen LogP contribution in [0, 0.1) is 5.92 Å². The summed E-state index contributed by atoms with van der Waals surface area (Å²) in [5.41, 5.74) is 4.37. The Hall–Kier alpha value is -2.13. The summed E-state index contributed by atoms with van der Waals surface area (Å²) in [4.78, 5) is 15.5. The number of unbranched alkanes of at least 4 members (excludes halogenated alkanes) is 5. The molecule has 0 N–H and O–H groups in total. The van der Waals surface area contributed by atoms with Crippen LogP contribution >= 0.6 is 0 Å². The molecule has 0 radical (unpaired) electrons. The van der Waals surface area contributed by atoms with E-state index in [1.54, 1.807) is 0 Å². The topological polar surface area (TPSA) is 29.5 Å². The second-order valence-electron chi connectivity index (χ2n) is 8.66. The second kappa shape index (κ2) is 12.0. The van der Waals surface area contributed by atoms with Gasteiger partial charge in [0.05, 0.1) is 12.0 Å². The van der Waals surface area contributed by atoms with Crippen LogP contribution in [0.3, 0.4) is 0 Å². The molecular formula is C28H39NO2. The third kappa shape index (κ3) is 5.98. The van der Waals surface area contributed by atoms with Gasteiger partial charge >= 0.3 is 0 Å². The molecule has 168 valence electrons. The fraction of sp³-hybridized carbons (Fsp3) is 0.536. The maximum Gasteiger partial charge on any atom is 0.169 e. The van der Waals surface area contributed by atoms with E-state index in [2.05, 4.69) is 56.0 Å². The van der Waals surface area contributed by atoms with E-state index in [4.69, 9.17) is 4.74 Å². The Morgan fingerprint density at radius 1 is 0.839 bits per heavy atom. The highest BCUT2D eigenvalue weighted by Gasteiger charge is 2.40. The first-order valence-electron chi connectivity index (χ1n) is 12.3. The number of carbonyl (C=O) groups excluding carboxylic acids is 1. The molecule has 2 aromatic carbocycles. The van der Waals surface area contributed by atoms with Gasteiger partial charge in [0.15, 0.2) is 5.78 Å². The lowest BCUT2D eigenvalue weighted by Gasteiger charge is -2.22. The number of fused-ring (bicyclic) bond motifs is 1. The van der Waals surface area contributed by atoms with Crippen molar-refractivity contribution in [2.24, 2.45) is 5.92 Å². The number of Topliss-reactive ketones (excluding diaryl/α,β-unsaturated/α-hetero) is 1. The number of hydrogen-bond donors (Lipinski definition) is 0. The zero-order chi connectivity index (χ0) is 22.1. The van der Waals surface area contributed by atoms with Gasteiger partial charge in [-0.1, -0.05) is 75.4 Å². The Balaban J connectivity index is 1.65. The van der Waals surface area contributed by atoms with Crippen LogP contribution in [0.25, 0.3) is 0 Å². The molecular weight excluding hydrogens is 382 g/mol. The van der Waals surface area contributed by atoms with E-state index in [9.17, 15) is 4.79 Å². The standard InChI is InChI=1S/C28H39NO2/c1-4-7-8-9-10-13-20-31-28-25-15-12-11-14-24(25)27(30)26(28)21-22-16-18-23(19-17-22)29(5-2)6-3/h11-12,14-19,26,28H,4-10,13,20-21H2,1-3H3. The van der Waals surface area contributed by atoms with Gasteiger partial charge in [0.2, 0.25) is 0 Å². The molecule has 0 aromatic heterocycles. The number of anilines is 1. The Bertz CT molecular complexity index is 810. The number of nitrogens with zero attached hydrogens (tertiary/aromatic N) is 1. The van der Waals surface area contributed by atoms with Crippen molar-refractivity contribution in [1.29, 1.82) is 0 Å². The minimum Gasteiger partial charge on any atom is -0.373 e. The first kappa shape index (κ1) is 23.5. The lowest BCUT2D eigenvalue weighted by Crippen LogP contribution is -2.22. The van der Waals surface area contributed by atoms with Gasteiger partial charge in [-0.2, -0.15) is 0 Å². The smallest absolute Gasteiger partial charge is 0.169 e. The molecule has 2 unspecified atom stereocenters. The molecule has 0 bridgehead atoms. The fourth-order valence-corrected chi connectivity index (χ4v) is 4.71. The predicted octanol–water partition coefficient (Wildman–Crippen LogP) is 7.01. The molecule has 0 saturated carbocycles. The second-order valence-corrected chi connectivity index (χ2v) is 8.66. The van der Waals surface area contributed by atoms with E-state index in [-0.39, 0.29) is 17.8 Å². The van der Waals surface area contributed by atoms with Crippen LogP contribution in [0.5, 0.6) is 0 Å². The molecule has 2 atom stereocenters. The molecule has 1 aliphatic rings.